The molecule has 164 valence electrons. The van der Waals surface area contributed by atoms with E-state index in [4.69, 9.17) is 4.74 Å². The third kappa shape index (κ3) is 6.31. The van der Waals surface area contributed by atoms with Crippen LogP contribution < -0.4 is 15.4 Å². The van der Waals surface area contributed by atoms with Crippen LogP contribution in [-0.4, -0.2) is 35.8 Å². The van der Waals surface area contributed by atoms with Gasteiger partial charge in [0, 0.05) is 44.2 Å². The highest BCUT2D eigenvalue weighted by Crippen LogP contribution is 2.27. The molecule has 0 aliphatic carbocycles. The van der Waals surface area contributed by atoms with E-state index in [1.807, 2.05) is 49.4 Å². The molecule has 7 heteroatoms. The summed E-state index contributed by atoms with van der Waals surface area (Å²) in [6.45, 7) is 4.98. The van der Waals surface area contributed by atoms with E-state index >= 15 is 0 Å². The molecule has 7 nitrogen and oxygen atoms in total. The average molecular weight is 424 g/mol. The minimum atomic E-state index is -0.0879. The van der Waals surface area contributed by atoms with Gasteiger partial charge in [-0.15, -0.1) is 0 Å². The third-order valence-electron chi connectivity index (χ3n) is 5.27. The first-order valence-electron chi connectivity index (χ1n) is 10.6. The van der Waals surface area contributed by atoms with E-state index in [-0.39, 0.29) is 17.7 Å². The van der Waals surface area contributed by atoms with Crippen molar-refractivity contribution in [2.24, 2.45) is 0 Å². The van der Waals surface area contributed by atoms with Crippen LogP contribution in [0, 0.1) is 0 Å². The molecule has 2 aromatic carbocycles. The molecule has 0 fully saturated rings. The molecule has 0 spiro atoms. The van der Waals surface area contributed by atoms with Gasteiger partial charge >= 0.3 is 0 Å². The van der Waals surface area contributed by atoms with E-state index in [0.717, 1.165) is 28.3 Å². The molecule has 1 heterocycles. The van der Waals surface area contributed by atoms with Crippen molar-refractivity contribution in [1.82, 2.24) is 4.90 Å². The standard InChI is InChI=1S/C24H29N3O4/c1-3-27(17(2)28)16-19-7-4-5-8-21(19)25-23(29)9-6-14-31-20-11-12-22-18(15-20)10-13-24(30)26-22/h4-5,7-8,11-12,15H,3,6,9-10,13-14,16H2,1-2H3,(H,25,29)(H,26,30). The van der Waals surface area contributed by atoms with Crippen molar-refractivity contribution in [1.29, 1.82) is 0 Å². The molecule has 0 bridgehead atoms. The van der Waals surface area contributed by atoms with Gasteiger partial charge in [-0.2, -0.15) is 0 Å². The number of carbonyl (C=O) groups excluding carboxylic acids is 3. The van der Waals surface area contributed by atoms with E-state index in [2.05, 4.69) is 10.6 Å². The number of para-hydroxylation sites is 1. The molecule has 0 saturated carbocycles. The zero-order valence-electron chi connectivity index (χ0n) is 18.1. The van der Waals surface area contributed by atoms with E-state index in [1.54, 1.807) is 11.8 Å². The summed E-state index contributed by atoms with van der Waals surface area (Å²) in [5.41, 5.74) is 3.54. The van der Waals surface area contributed by atoms with Crippen LogP contribution in [0.5, 0.6) is 5.75 Å². The van der Waals surface area contributed by atoms with Crippen LogP contribution in [0.2, 0.25) is 0 Å². The Kier molecular flexibility index (Phi) is 7.65. The topological polar surface area (TPSA) is 87.7 Å². The molecule has 3 amide bonds. The summed E-state index contributed by atoms with van der Waals surface area (Å²) in [6.07, 6.45) is 2.11. The monoisotopic (exact) mass is 423 g/mol. The first-order chi connectivity index (χ1) is 15.0. The predicted molar refractivity (Wildman–Crippen MR) is 120 cm³/mol. The number of aryl methyl sites for hydroxylation is 1. The molecule has 2 aromatic rings. The lowest BCUT2D eigenvalue weighted by atomic mass is 10.0. The van der Waals surface area contributed by atoms with Crippen LogP contribution >= 0.6 is 0 Å². The summed E-state index contributed by atoms with van der Waals surface area (Å²) >= 11 is 0. The second-order valence-corrected chi connectivity index (χ2v) is 7.56. The highest BCUT2D eigenvalue weighted by molar-refractivity contribution is 5.94. The van der Waals surface area contributed by atoms with Crippen molar-refractivity contribution in [2.45, 2.75) is 46.1 Å². The van der Waals surface area contributed by atoms with Gasteiger partial charge in [0.2, 0.25) is 17.7 Å². The Hall–Kier alpha value is -3.35. The molecule has 0 atom stereocenters. The second-order valence-electron chi connectivity index (χ2n) is 7.56. The van der Waals surface area contributed by atoms with Gasteiger partial charge in [0.25, 0.3) is 0 Å². The van der Waals surface area contributed by atoms with Crippen LogP contribution in [0.15, 0.2) is 42.5 Å². The Morgan fingerprint density at radius 2 is 1.97 bits per heavy atom. The molecular weight excluding hydrogens is 394 g/mol. The number of hydrogen-bond donors (Lipinski definition) is 2. The summed E-state index contributed by atoms with van der Waals surface area (Å²) in [5.74, 6) is 0.697. The first-order valence-corrected chi connectivity index (χ1v) is 10.6. The Morgan fingerprint density at radius 1 is 1.16 bits per heavy atom. The number of benzene rings is 2. The summed E-state index contributed by atoms with van der Waals surface area (Å²) in [7, 11) is 0. The Balaban J connectivity index is 1.47. The number of ether oxygens (including phenoxy) is 1. The summed E-state index contributed by atoms with van der Waals surface area (Å²) in [5, 5.41) is 5.80. The van der Waals surface area contributed by atoms with Crippen LogP contribution in [0.25, 0.3) is 0 Å². The van der Waals surface area contributed by atoms with Gasteiger partial charge in [-0.3, -0.25) is 14.4 Å². The maximum Gasteiger partial charge on any atom is 0.224 e. The van der Waals surface area contributed by atoms with Gasteiger partial charge < -0.3 is 20.3 Å². The lowest BCUT2D eigenvalue weighted by Crippen LogP contribution is -2.28. The first kappa shape index (κ1) is 22.3. The molecular formula is C24H29N3O4. The number of rotatable bonds is 9. The fraction of sp³-hybridized carbons (Fsp3) is 0.375. The fourth-order valence-electron chi connectivity index (χ4n) is 3.52. The normalized spacial score (nSPS) is 12.5. The number of anilines is 2. The van der Waals surface area contributed by atoms with E-state index in [1.165, 1.54) is 0 Å². The van der Waals surface area contributed by atoms with Crippen LogP contribution in [0.4, 0.5) is 11.4 Å². The highest BCUT2D eigenvalue weighted by Gasteiger charge is 2.15. The molecule has 0 unspecified atom stereocenters. The molecule has 0 aromatic heterocycles. The fourth-order valence-corrected chi connectivity index (χ4v) is 3.52. The van der Waals surface area contributed by atoms with Crippen molar-refractivity contribution < 1.29 is 19.1 Å². The molecule has 0 radical (unpaired) electrons. The SMILES string of the molecule is CCN(Cc1ccccc1NC(=O)CCCOc1ccc2c(c1)CCC(=O)N2)C(C)=O. The third-order valence-corrected chi connectivity index (χ3v) is 5.27. The van der Waals surface area contributed by atoms with Gasteiger partial charge in [0.1, 0.15) is 5.75 Å². The number of hydrogen-bond acceptors (Lipinski definition) is 4. The van der Waals surface area contributed by atoms with E-state index in [0.29, 0.717) is 45.4 Å². The molecule has 2 N–H and O–H groups in total. The molecule has 1 aliphatic heterocycles. The van der Waals surface area contributed by atoms with Crippen LogP contribution in [-0.2, 0) is 27.3 Å². The van der Waals surface area contributed by atoms with Gasteiger partial charge in [-0.1, -0.05) is 18.2 Å². The number of nitrogens with one attached hydrogen (secondary N) is 2. The van der Waals surface area contributed by atoms with Crippen LogP contribution in [0.3, 0.4) is 0 Å². The second kappa shape index (κ2) is 10.6. The van der Waals surface area contributed by atoms with Crippen molar-refractivity contribution in [3.05, 3.63) is 53.6 Å². The number of carbonyl (C=O) groups is 3. The van der Waals surface area contributed by atoms with E-state index < -0.39 is 0 Å². The molecule has 0 saturated heterocycles. The van der Waals surface area contributed by atoms with Crippen molar-refractivity contribution in [2.75, 3.05) is 23.8 Å². The van der Waals surface area contributed by atoms with Crippen molar-refractivity contribution >= 4 is 29.1 Å². The average Bonchev–Trinajstić information content (AvgIpc) is 2.75. The van der Waals surface area contributed by atoms with Gasteiger partial charge in [0.05, 0.1) is 6.61 Å². The maximum absolute atomic E-state index is 12.4. The largest absolute Gasteiger partial charge is 0.494 e. The van der Waals surface area contributed by atoms with Crippen molar-refractivity contribution in [3.63, 3.8) is 0 Å². The number of nitrogens with zero attached hydrogens (tertiary/aromatic N) is 1. The van der Waals surface area contributed by atoms with Gasteiger partial charge in [0.15, 0.2) is 0 Å². The Morgan fingerprint density at radius 3 is 2.74 bits per heavy atom. The quantitative estimate of drug-likeness (QED) is 0.602. The van der Waals surface area contributed by atoms with Crippen LogP contribution in [0.1, 0.15) is 44.2 Å². The Bertz CT molecular complexity index is 958. The van der Waals surface area contributed by atoms with Crippen molar-refractivity contribution in [3.8, 4) is 5.75 Å². The summed E-state index contributed by atoms with van der Waals surface area (Å²) in [6, 6.07) is 13.2. The van der Waals surface area contributed by atoms with Gasteiger partial charge in [-0.25, -0.2) is 0 Å². The zero-order valence-corrected chi connectivity index (χ0v) is 18.1. The predicted octanol–water partition coefficient (Wildman–Crippen LogP) is 3.74. The lowest BCUT2D eigenvalue weighted by Gasteiger charge is -2.21. The molecule has 3 rings (SSSR count). The number of amides is 3. The molecule has 1 aliphatic rings. The smallest absolute Gasteiger partial charge is 0.224 e. The Labute approximate surface area is 182 Å². The minimum absolute atomic E-state index is 0.00494. The highest BCUT2D eigenvalue weighted by atomic mass is 16.5. The maximum atomic E-state index is 12.4. The summed E-state index contributed by atoms with van der Waals surface area (Å²) in [4.78, 5) is 37.3. The minimum Gasteiger partial charge on any atom is -0.494 e. The molecule has 31 heavy (non-hydrogen) atoms. The lowest BCUT2D eigenvalue weighted by molar-refractivity contribution is -0.129. The zero-order chi connectivity index (χ0) is 22.2. The van der Waals surface area contributed by atoms with E-state index in [9.17, 15) is 14.4 Å². The number of fused-ring (bicyclic) bond motifs is 1. The summed E-state index contributed by atoms with van der Waals surface area (Å²) < 4.78 is 5.78. The van der Waals surface area contributed by atoms with Gasteiger partial charge in [-0.05, 0) is 55.2 Å².